The molecule has 1 aliphatic rings. The molecule has 4 heteroatoms. The number of rotatable bonds is 3. The Balaban J connectivity index is 2.43. The first-order chi connectivity index (χ1) is 8.90. The fraction of sp³-hybridized carbons (Fsp3) is 0.400. The number of carbonyl (C=O) groups is 1. The van der Waals surface area contributed by atoms with Gasteiger partial charge in [0, 0.05) is 28.3 Å². The Hall–Kier alpha value is -1.29. The molecule has 0 aromatic heterocycles. The number of nitrogens with zero attached hydrogens (tertiary/aromatic N) is 1. The Kier molecular flexibility index (Phi) is 3.99. The van der Waals surface area contributed by atoms with Crippen LogP contribution in [-0.2, 0) is 4.79 Å². The Labute approximate surface area is 122 Å². The van der Waals surface area contributed by atoms with Crippen LogP contribution in [0.3, 0.4) is 0 Å². The maximum atomic E-state index is 10.7. The van der Waals surface area contributed by atoms with Gasteiger partial charge in [0.05, 0.1) is 0 Å². The minimum atomic E-state index is -0.922. The summed E-state index contributed by atoms with van der Waals surface area (Å²) in [4.78, 5) is 13.1. The average Bonchev–Trinajstić information content (AvgIpc) is 2.67. The van der Waals surface area contributed by atoms with E-state index in [0.717, 1.165) is 28.7 Å². The molecular formula is C15H18BrNO2. The van der Waals surface area contributed by atoms with Gasteiger partial charge in [0.2, 0.25) is 0 Å². The van der Waals surface area contributed by atoms with E-state index in [-0.39, 0.29) is 5.54 Å². The van der Waals surface area contributed by atoms with E-state index in [4.69, 9.17) is 5.11 Å². The lowest BCUT2D eigenvalue weighted by Gasteiger charge is -2.35. The van der Waals surface area contributed by atoms with E-state index in [1.165, 1.54) is 12.5 Å². The highest BCUT2D eigenvalue weighted by molar-refractivity contribution is 9.10. The second kappa shape index (κ2) is 5.37. The summed E-state index contributed by atoms with van der Waals surface area (Å²) in [5.74, 6) is -0.922. The van der Waals surface area contributed by atoms with Crippen molar-refractivity contribution in [3.8, 4) is 0 Å². The number of hydrogen-bond donors (Lipinski definition) is 1. The summed E-state index contributed by atoms with van der Waals surface area (Å²) < 4.78 is 1.01. The highest BCUT2D eigenvalue weighted by atomic mass is 79.9. The highest BCUT2D eigenvalue weighted by Crippen LogP contribution is 2.37. The molecule has 0 radical (unpaired) electrons. The molecule has 1 aromatic rings. The summed E-state index contributed by atoms with van der Waals surface area (Å²) in [6.07, 6.45) is 5.18. The van der Waals surface area contributed by atoms with Crippen molar-refractivity contribution in [3.63, 3.8) is 0 Å². The van der Waals surface area contributed by atoms with Gasteiger partial charge in [-0.05, 0) is 50.5 Å². The first kappa shape index (κ1) is 14.1. The molecule has 19 heavy (non-hydrogen) atoms. The SMILES string of the molecule is CC1(C)CCCN1c1cc(Br)ccc1C=CC(=O)O. The molecule has 102 valence electrons. The zero-order valence-corrected chi connectivity index (χ0v) is 12.8. The van der Waals surface area contributed by atoms with Crippen molar-refractivity contribution in [1.82, 2.24) is 0 Å². The number of anilines is 1. The normalized spacial score (nSPS) is 18.2. The lowest BCUT2D eigenvalue weighted by atomic mass is 10.0. The number of carboxylic acids is 1. The van der Waals surface area contributed by atoms with Crippen LogP contribution in [0.1, 0.15) is 32.3 Å². The number of benzene rings is 1. The van der Waals surface area contributed by atoms with E-state index in [1.807, 2.05) is 12.1 Å². The Morgan fingerprint density at radius 1 is 1.47 bits per heavy atom. The molecular weight excluding hydrogens is 306 g/mol. The third kappa shape index (κ3) is 3.18. The van der Waals surface area contributed by atoms with E-state index in [0.29, 0.717) is 0 Å². The largest absolute Gasteiger partial charge is 0.478 e. The van der Waals surface area contributed by atoms with Crippen molar-refractivity contribution in [1.29, 1.82) is 0 Å². The number of aliphatic carboxylic acids is 1. The first-order valence-corrected chi connectivity index (χ1v) is 7.18. The summed E-state index contributed by atoms with van der Waals surface area (Å²) in [6, 6.07) is 5.95. The molecule has 0 amide bonds. The second-order valence-electron chi connectivity index (χ2n) is 5.44. The van der Waals surface area contributed by atoms with Crippen LogP contribution in [0.2, 0.25) is 0 Å². The minimum Gasteiger partial charge on any atom is -0.478 e. The predicted molar refractivity (Wildman–Crippen MR) is 81.5 cm³/mol. The molecule has 2 rings (SSSR count). The van der Waals surface area contributed by atoms with Crippen molar-refractivity contribution in [2.75, 3.05) is 11.4 Å². The molecule has 0 aliphatic carbocycles. The maximum absolute atomic E-state index is 10.7. The Morgan fingerprint density at radius 2 is 2.21 bits per heavy atom. The molecule has 1 fully saturated rings. The molecule has 0 atom stereocenters. The second-order valence-corrected chi connectivity index (χ2v) is 6.36. The fourth-order valence-corrected chi connectivity index (χ4v) is 2.96. The fourth-order valence-electron chi connectivity index (χ4n) is 2.61. The molecule has 3 nitrogen and oxygen atoms in total. The molecule has 1 saturated heterocycles. The van der Waals surface area contributed by atoms with Gasteiger partial charge in [0.25, 0.3) is 0 Å². The van der Waals surface area contributed by atoms with Crippen molar-refractivity contribution in [2.24, 2.45) is 0 Å². The van der Waals surface area contributed by atoms with E-state index >= 15 is 0 Å². The van der Waals surface area contributed by atoms with Gasteiger partial charge in [0.1, 0.15) is 0 Å². The van der Waals surface area contributed by atoms with Crippen LogP contribution in [0.15, 0.2) is 28.7 Å². The van der Waals surface area contributed by atoms with E-state index < -0.39 is 5.97 Å². The topological polar surface area (TPSA) is 40.5 Å². The van der Waals surface area contributed by atoms with Gasteiger partial charge in [-0.2, -0.15) is 0 Å². The zero-order chi connectivity index (χ0) is 14.0. The smallest absolute Gasteiger partial charge is 0.328 e. The average molecular weight is 324 g/mol. The van der Waals surface area contributed by atoms with Gasteiger partial charge >= 0.3 is 5.97 Å². The van der Waals surface area contributed by atoms with E-state index in [9.17, 15) is 4.79 Å². The van der Waals surface area contributed by atoms with Crippen molar-refractivity contribution < 1.29 is 9.90 Å². The van der Waals surface area contributed by atoms with Crippen molar-refractivity contribution in [3.05, 3.63) is 34.3 Å². The van der Waals surface area contributed by atoms with Gasteiger partial charge < -0.3 is 10.0 Å². The van der Waals surface area contributed by atoms with Crippen LogP contribution in [0, 0.1) is 0 Å². The van der Waals surface area contributed by atoms with Gasteiger partial charge in [-0.25, -0.2) is 4.79 Å². The monoisotopic (exact) mass is 323 g/mol. The summed E-state index contributed by atoms with van der Waals surface area (Å²) in [5.41, 5.74) is 2.15. The lowest BCUT2D eigenvalue weighted by Crippen LogP contribution is -2.38. The van der Waals surface area contributed by atoms with Crippen molar-refractivity contribution in [2.45, 2.75) is 32.2 Å². The summed E-state index contributed by atoms with van der Waals surface area (Å²) >= 11 is 3.49. The summed E-state index contributed by atoms with van der Waals surface area (Å²) in [5, 5.41) is 8.78. The Morgan fingerprint density at radius 3 is 2.79 bits per heavy atom. The van der Waals surface area contributed by atoms with Gasteiger partial charge in [-0.1, -0.05) is 22.0 Å². The molecule has 1 aromatic carbocycles. The zero-order valence-electron chi connectivity index (χ0n) is 11.2. The summed E-state index contributed by atoms with van der Waals surface area (Å²) in [6.45, 7) is 5.47. The third-order valence-corrected chi connectivity index (χ3v) is 4.08. The molecule has 1 heterocycles. The quantitative estimate of drug-likeness (QED) is 0.857. The van der Waals surface area contributed by atoms with Crippen LogP contribution in [0.5, 0.6) is 0 Å². The molecule has 1 aliphatic heterocycles. The molecule has 0 saturated carbocycles. The molecule has 0 spiro atoms. The maximum Gasteiger partial charge on any atom is 0.328 e. The van der Waals surface area contributed by atoms with E-state index in [2.05, 4.69) is 40.7 Å². The lowest BCUT2D eigenvalue weighted by molar-refractivity contribution is -0.131. The highest BCUT2D eigenvalue weighted by Gasteiger charge is 2.32. The van der Waals surface area contributed by atoms with Crippen LogP contribution in [0.4, 0.5) is 5.69 Å². The molecule has 0 bridgehead atoms. The third-order valence-electron chi connectivity index (χ3n) is 3.59. The first-order valence-electron chi connectivity index (χ1n) is 6.38. The van der Waals surface area contributed by atoms with Crippen LogP contribution >= 0.6 is 15.9 Å². The van der Waals surface area contributed by atoms with Gasteiger partial charge in [-0.15, -0.1) is 0 Å². The number of hydrogen-bond acceptors (Lipinski definition) is 2. The van der Waals surface area contributed by atoms with Crippen LogP contribution < -0.4 is 4.90 Å². The molecule has 1 N–H and O–H groups in total. The standard InChI is InChI=1S/C15H18BrNO2/c1-15(2)8-3-9-17(15)13-10-12(16)6-4-11(13)5-7-14(18)19/h4-7,10H,3,8-9H2,1-2H3,(H,18,19). The minimum absolute atomic E-state index is 0.118. The van der Waals surface area contributed by atoms with Crippen LogP contribution in [0.25, 0.3) is 6.08 Å². The number of carboxylic acid groups (broad SMARTS) is 1. The predicted octanol–water partition coefficient (Wildman–Crippen LogP) is 3.93. The summed E-state index contributed by atoms with van der Waals surface area (Å²) in [7, 11) is 0. The van der Waals surface area contributed by atoms with Gasteiger partial charge in [0.15, 0.2) is 0 Å². The van der Waals surface area contributed by atoms with Gasteiger partial charge in [-0.3, -0.25) is 0 Å². The van der Waals surface area contributed by atoms with Crippen molar-refractivity contribution >= 4 is 33.7 Å². The Bertz CT molecular complexity index is 523. The van der Waals surface area contributed by atoms with E-state index in [1.54, 1.807) is 6.08 Å². The van der Waals surface area contributed by atoms with Crippen LogP contribution in [-0.4, -0.2) is 23.2 Å². The number of halogens is 1. The molecule has 0 unspecified atom stereocenters.